The molecule has 0 radical (unpaired) electrons. The first-order valence-corrected chi connectivity index (χ1v) is 9.58. The summed E-state index contributed by atoms with van der Waals surface area (Å²) in [6.45, 7) is 3.43. The number of nitrogens with zero attached hydrogens (tertiary/aromatic N) is 2. The molecule has 1 amide bonds. The number of aryl methyl sites for hydroxylation is 1. The number of rotatable bonds is 5. The standard InChI is InChI=1S/C22H29N5O/c1-15-9-10-16(20(11-15)27(3)4)13-24-22(23-2)25-14-17-12-21(28)26-19-8-6-5-7-18(17)19/h5-11,17H,12-14H2,1-4H3,(H,26,28)(H2,23,24,25). The average Bonchev–Trinajstić information content (AvgIpc) is 2.68. The van der Waals surface area contributed by atoms with Gasteiger partial charge in [0, 0.05) is 57.9 Å². The van der Waals surface area contributed by atoms with E-state index in [0.717, 1.165) is 11.6 Å². The van der Waals surface area contributed by atoms with Gasteiger partial charge in [-0.25, -0.2) is 0 Å². The van der Waals surface area contributed by atoms with Gasteiger partial charge in [-0.15, -0.1) is 0 Å². The molecule has 6 nitrogen and oxygen atoms in total. The molecule has 0 fully saturated rings. The first-order chi connectivity index (χ1) is 13.5. The number of anilines is 2. The normalized spacial score (nSPS) is 16.2. The van der Waals surface area contributed by atoms with Crippen LogP contribution in [0.5, 0.6) is 0 Å². The van der Waals surface area contributed by atoms with Crippen molar-refractivity contribution in [3.63, 3.8) is 0 Å². The lowest BCUT2D eigenvalue weighted by atomic mass is 9.90. The van der Waals surface area contributed by atoms with Crippen molar-refractivity contribution in [3.05, 3.63) is 59.2 Å². The highest BCUT2D eigenvalue weighted by Crippen LogP contribution is 2.31. The minimum absolute atomic E-state index is 0.0590. The lowest BCUT2D eigenvalue weighted by molar-refractivity contribution is -0.116. The maximum Gasteiger partial charge on any atom is 0.225 e. The van der Waals surface area contributed by atoms with Crippen molar-refractivity contribution < 1.29 is 4.79 Å². The molecule has 2 aromatic carbocycles. The van der Waals surface area contributed by atoms with Gasteiger partial charge in [0.15, 0.2) is 5.96 Å². The molecule has 0 spiro atoms. The second-order valence-electron chi connectivity index (χ2n) is 7.37. The van der Waals surface area contributed by atoms with Crippen LogP contribution in [0.1, 0.15) is 29.0 Å². The zero-order valence-electron chi connectivity index (χ0n) is 17.0. The highest BCUT2D eigenvalue weighted by Gasteiger charge is 2.24. The van der Waals surface area contributed by atoms with Crippen LogP contribution in [0, 0.1) is 6.92 Å². The summed E-state index contributed by atoms with van der Waals surface area (Å²) in [7, 11) is 5.87. The molecule has 1 heterocycles. The van der Waals surface area contributed by atoms with Gasteiger partial charge in [0.2, 0.25) is 5.91 Å². The molecule has 2 aromatic rings. The highest BCUT2D eigenvalue weighted by molar-refractivity contribution is 5.94. The van der Waals surface area contributed by atoms with E-state index in [0.29, 0.717) is 19.5 Å². The molecule has 1 atom stereocenters. The number of hydrogen-bond donors (Lipinski definition) is 3. The Hall–Kier alpha value is -3.02. The summed E-state index contributed by atoms with van der Waals surface area (Å²) in [6, 6.07) is 14.4. The largest absolute Gasteiger partial charge is 0.377 e. The molecule has 1 aliphatic heterocycles. The molecule has 0 bridgehead atoms. The van der Waals surface area contributed by atoms with Crippen LogP contribution in [0.15, 0.2) is 47.5 Å². The summed E-state index contributed by atoms with van der Waals surface area (Å²) in [6.07, 6.45) is 0.476. The lowest BCUT2D eigenvalue weighted by Crippen LogP contribution is -2.40. The van der Waals surface area contributed by atoms with E-state index in [-0.39, 0.29) is 11.8 Å². The fourth-order valence-electron chi connectivity index (χ4n) is 3.54. The fourth-order valence-corrected chi connectivity index (χ4v) is 3.54. The van der Waals surface area contributed by atoms with E-state index in [1.807, 2.05) is 18.2 Å². The minimum atomic E-state index is 0.0590. The Bertz CT molecular complexity index is 875. The molecule has 148 valence electrons. The fraction of sp³-hybridized carbons (Fsp3) is 0.364. The number of aliphatic imine (C=N–C) groups is 1. The van der Waals surface area contributed by atoms with Gasteiger partial charge in [0.05, 0.1) is 0 Å². The number of hydrogen-bond acceptors (Lipinski definition) is 3. The number of fused-ring (bicyclic) bond motifs is 1. The zero-order chi connectivity index (χ0) is 20.1. The van der Waals surface area contributed by atoms with Crippen LogP contribution in [0.25, 0.3) is 0 Å². The van der Waals surface area contributed by atoms with Crippen molar-refractivity contribution in [2.75, 3.05) is 37.9 Å². The SMILES string of the molecule is CN=C(NCc1ccc(C)cc1N(C)C)NCC1CC(=O)Nc2ccccc21. The smallest absolute Gasteiger partial charge is 0.225 e. The summed E-state index contributed by atoms with van der Waals surface area (Å²) < 4.78 is 0. The maximum atomic E-state index is 12.0. The predicted octanol–water partition coefficient (Wildman–Crippen LogP) is 2.85. The monoisotopic (exact) mass is 379 g/mol. The number of guanidine groups is 1. The number of benzene rings is 2. The molecule has 6 heteroatoms. The molecule has 0 aliphatic carbocycles. The van der Waals surface area contributed by atoms with Crippen molar-refractivity contribution in [2.45, 2.75) is 25.8 Å². The van der Waals surface area contributed by atoms with E-state index in [1.165, 1.54) is 22.4 Å². The van der Waals surface area contributed by atoms with Crippen LogP contribution in [0.3, 0.4) is 0 Å². The topological polar surface area (TPSA) is 68.8 Å². The predicted molar refractivity (Wildman–Crippen MR) is 116 cm³/mol. The molecule has 1 aliphatic rings. The van der Waals surface area contributed by atoms with E-state index in [2.05, 4.69) is 71.1 Å². The first-order valence-electron chi connectivity index (χ1n) is 9.58. The van der Waals surface area contributed by atoms with Crippen LogP contribution >= 0.6 is 0 Å². The highest BCUT2D eigenvalue weighted by atomic mass is 16.1. The van der Waals surface area contributed by atoms with Crippen molar-refractivity contribution in [1.29, 1.82) is 0 Å². The van der Waals surface area contributed by atoms with Gasteiger partial charge < -0.3 is 20.9 Å². The number of para-hydroxylation sites is 1. The van der Waals surface area contributed by atoms with Gasteiger partial charge in [-0.3, -0.25) is 9.79 Å². The van der Waals surface area contributed by atoms with Gasteiger partial charge >= 0.3 is 0 Å². The minimum Gasteiger partial charge on any atom is -0.377 e. The van der Waals surface area contributed by atoms with Crippen LogP contribution < -0.4 is 20.9 Å². The maximum absolute atomic E-state index is 12.0. The molecule has 3 N–H and O–H groups in total. The van der Waals surface area contributed by atoms with Crippen molar-refractivity contribution in [2.24, 2.45) is 4.99 Å². The van der Waals surface area contributed by atoms with Crippen molar-refractivity contribution in [3.8, 4) is 0 Å². The van der Waals surface area contributed by atoms with Gasteiger partial charge in [-0.1, -0.05) is 30.3 Å². The van der Waals surface area contributed by atoms with Gasteiger partial charge in [0.1, 0.15) is 0 Å². The van der Waals surface area contributed by atoms with Gasteiger partial charge in [-0.2, -0.15) is 0 Å². The molecule has 28 heavy (non-hydrogen) atoms. The summed E-state index contributed by atoms with van der Waals surface area (Å²) in [5, 5.41) is 9.71. The number of carbonyl (C=O) groups excluding carboxylic acids is 1. The Labute approximate surface area is 167 Å². The second-order valence-corrected chi connectivity index (χ2v) is 7.37. The van der Waals surface area contributed by atoms with E-state index in [4.69, 9.17) is 0 Å². The molecule has 0 aromatic heterocycles. The lowest BCUT2D eigenvalue weighted by Gasteiger charge is -2.26. The van der Waals surface area contributed by atoms with Crippen molar-refractivity contribution in [1.82, 2.24) is 10.6 Å². The molecule has 3 rings (SSSR count). The molecule has 0 saturated heterocycles. The van der Waals surface area contributed by atoms with Gasteiger partial charge in [0.25, 0.3) is 0 Å². The van der Waals surface area contributed by atoms with Gasteiger partial charge in [-0.05, 0) is 35.7 Å². The number of amides is 1. The summed E-state index contributed by atoms with van der Waals surface area (Å²) in [5.74, 6) is 0.915. The number of carbonyl (C=O) groups is 1. The third kappa shape index (κ3) is 4.63. The Morgan fingerprint density at radius 1 is 1.21 bits per heavy atom. The summed E-state index contributed by atoms with van der Waals surface area (Å²) in [4.78, 5) is 18.5. The average molecular weight is 380 g/mol. The van der Waals surface area contributed by atoms with E-state index < -0.39 is 0 Å². The third-order valence-electron chi connectivity index (χ3n) is 5.01. The molecule has 0 saturated carbocycles. The zero-order valence-corrected chi connectivity index (χ0v) is 17.0. The van der Waals surface area contributed by atoms with E-state index >= 15 is 0 Å². The number of nitrogens with one attached hydrogen (secondary N) is 3. The molecular weight excluding hydrogens is 350 g/mol. The van der Waals surface area contributed by atoms with Crippen LogP contribution in [0.4, 0.5) is 11.4 Å². The van der Waals surface area contributed by atoms with E-state index in [9.17, 15) is 4.79 Å². The Morgan fingerprint density at radius 3 is 2.75 bits per heavy atom. The quantitative estimate of drug-likeness (QED) is 0.552. The Kier molecular flexibility index (Phi) is 6.19. The summed E-state index contributed by atoms with van der Waals surface area (Å²) >= 11 is 0. The second kappa shape index (κ2) is 8.78. The Balaban J connectivity index is 1.63. The van der Waals surface area contributed by atoms with Crippen LogP contribution in [-0.4, -0.2) is 39.6 Å². The molecule has 1 unspecified atom stereocenters. The van der Waals surface area contributed by atoms with E-state index in [1.54, 1.807) is 7.05 Å². The first kappa shape index (κ1) is 19.7. The molecular formula is C22H29N5O. The van der Waals surface area contributed by atoms with Crippen molar-refractivity contribution >= 4 is 23.2 Å². The third-order valence-corrected chi connectivity index (χ3v) is 5.01. The van der Waals surface area contributed by atoms with Crippen LogP contribution in [0.2, 0.25) is 0 Å². The summed E-state index contributed by atoms with van der Waals surface area (Å²) in [5.41, 5.74) is 5.72. The van der Waals surface area contributed by atoms with Crippen LogP contribution in [-0.2, 0) is 11.3 Å². The Morgan fingerprint density at radius 2 is 2.00 bits per heavy atom.